The number of amides is 1. The van der Waals surface area contributed by atoms with Gasteiger partial charge in [0.25, 0.3) is 0 Å². The number of likely N-dealkylation sites (tertiary alicyclic amines) is 1. The number of nitrogens with one attached hydrogen (secondary N) is 1. The van der Waals surface area contributed by atoms with Gasteiger partial charge in [-0.2, -0.15) is 0 Å². The van der Waals surface area contributed by atoms with Gasteiger partial charge in [0.1, 0.15) is 0 Å². The number of methoxy groups -OCH3 is 1. The van der Waals surface area contributed by atoms with Crippen molar-refractivity contribution in [3.05, 3.63) is 0 Å². The molecule has 0 aromatic heterocycles. The second kappa shape index (κ2) is 7.63. The average molecular weight is 228 g/mol. The Hall–Kier alpha value is -0.610. The van der Waals surface area contributed by atoms with Gasteiger partial charge in [-0.15, -0.1) is 0 Å². The maximum atomic E-state index is 11.7. The van der Waals surface area contributed by atoms with Crippen LogP contribution in [0.5, 0.6) is 0 Å². The summed E-state index contributed by atoms with van der Waals surface area (Å²) in [6.45, 7) is 5.51. The Kier molecular flexibility index (Phi) is 6.42. The number of nitrogens with zero attached hydrogens (tertiary/aromatic N) is 1. The Balaban J connectivity index is 2.11. The van der Waals surface area contributed by atoms with E-state index in [0.717, 1.165) is 26.1 Å². The van der Waals surface area contributed by atoms with Gasteiger partial charge in [-0.05, 0) is 19.3 Å². The minimum absolute atomic E-state index is 0.289. The molecule has 0 spiro atoms. The first-order valence-corrected chi connectivity index (χ1v) is 6.28. The highest BCUT2D eigenvalue weighted by Gasteiger charge is 2.17. The summed E-state index contributed by atoms with van der Waals surface area (Å²) in [5.74, 6) is 0.289. The van der Waals surface area contributed by atoms with E-state index in [1.165, 1.54) is 12.8 Å². The van der Waals surface area contributed by atoms with E-state index in [1.807, 2.05) is 4.90 Å². The van der Waals surface area contributed by atoms with Gasteiger partial charge in [0.05, 0.1) is 6.61 Å². The van der Waals surface area contributed by atoms with E-state index in [1.54, 1.807) is 7.11 Å². The van der Waals surface area contributed by atoms with Crippen LogP contribution in [-0.2, 0) is 9.53 Å². The lowest BCUT2D eigenvalue weighted by atomic mass is 10.2. The summed E-state index contributed by atoms with van der Waals surface area (Å²) in [6.07, 6.45) is 3.98. The number of rotatable bonds is 7. The molecule has 1 unspecified atom stereocenters. The normalized spacial score (nSPS) is 17.8. The Morgan fingerprint density at radius 2 is 2.12 bits per heavy atom. The summed E-state index contributed by atoms with van der Waals surface area (Å²) >= 11 is 0. The van der Waals surface area contributed by atoms with Crippen LogP contribution in [0, 0.1) is 0 Å². The minimum Gasteiger partial charge on any atom is -0.383 e. The predicted molar refractivity (Wildman–Crippen MR) is 64.4 cm³/mol. The molecule has 0 saturated carbocycles. The van der Waals surface area contributed by atoms with Crippen molar-refractivity contribution >= 4 is 5.91 Å². The quantitative estimate of drug-likeness (QED) is 0.707. The van der Waals surface area contributed by atoms with E-state index in [2.05, 4.69) is 12.2 Å². The number of carbonyl (C=O) groups is 1. The summed E-state index contributed by atoms with van der Waals surface area (Å²) in [5, 5.41) is 3.35. The van der Waals surface area contributed by atoms with Crippen LogP contribution in [0.15, 0.2) is 0 Å². The van der Waals surface area contributed by atoms with Crippen molar-refractivity contribution < 1.29 is 9.53 Å². The van der Waals surface area contributed by atoms with E-state index >= 15 is 0 Å². The van der Waals surface area contributed by atoms with Crippen LogP contribution in [-0.4, -0.2) is 50.2 Å². The monoisotopic (exact) mass is 228 g/mol. The van der Waals surface area contributed by atoms with E-state index in [0.29, 0.717) is 19.1 Å². The van der Waals surface area contributed by atoms with Gasteiger partial charge in [0.2, 0.25) is 5.91 Å². The van der Waals surface area contributed by atoms with E-state index < -0.39 is 0 Å². The highest BCUT2D eigenvalue weighted by Crippen LogP contribution is 2.08. The lowest BCUT2D eigenvalue weighted by molar-refractivity contribution is -0.130. The Bertz CT molecular complexity index is 203. The minimum atomic E-state index is 0.289. The smallest absolute Gasteiger partial charge is 0.223 e. The first kappa shape index (κ1) is 13.5. The molecular weight excluding hydrogens is 204 g/mol. The molecule has 16 heavy (non-hydrogen) atoms. The molecule has 1 heterocycles. The fraction of sp³-hybridized carbons (Fsp3) is 0.917. The van der Waals surface area contributed by atoms with Crippen LogP contribution < -0.4 is 5.32 Å². The van der Waals surface area contributed by atoms with E-state index in [-0.39, 0.29) is 5.91 Å². The van der Waals surface area contributed by atoms with Crippen molar-refractivity contribution in [2.75, 3.05) is 33.4 Å². The largest absolute Gasteiger partial charge is 0.383 e. The third-order valence-electron chi connectivity index (χ3n) is 3.09. The van der Waals surface area contributed by atoms with Crippen LogP contribution in [0.2, 0.25) is 0 Å². The molecule has 1 rings (SSSR count). The lowest BCUT2D eigenvalue weighted by Gasteiger charge is -2.18. The van der Waals surface area contributed by atoms with Gasteiger partial charge in [0.15, 0.2) is 0 Å². The van der Waals surface area contributed by atoms with Crippen molar-refractivity contribution in [3.8, 4) is 0 Å². The molecule has 0 aromatic rings. The zero-order valence-corrected chi connectivity index (χ0v) is 10.5. The molecule has 94 valence electrons. The molecule has 1 atom stereocenters. The zero-order valence-electron chi connectivity index (χ0n) is 10.5. The van der Waals surface area contributed by atoms with Crippen molar-refractivity contribution in [3.63, 3.8) is 0 Å². The molecule has 1 aliphatic heterocycles. The highest BCUT2D eigenvalue weighted by molar-refractivity contribution is 5.76. The van der Waals surface area contributed by atoms with Gasteiger partial charge in [-0.3, -0.25) is 4.79 Å². The molecule has 1 saturated heterocycles. The topological polar surface area (TPSA) is 41.6 Å². The lowest BCUT2D eigenvalue weighted by Crippen LogP contribution is -2.36. The highest BCUT2D eigenvalue weighted by atomic mass is 16.5. The second-order valence-corrected chi connectivity index (χ2v) is 4.35. The summed E-state index contributed by atoms with van der Waals surface area (Å²) in [5.41, 5.74) is 0. The third kappa shape index (κ3) is 4.49. The van der Waals surface area contributed by atoms with Crippen LogP contribution in [0.25, 0.3) is 0 Å². The second-order valence-electron chi connectivity index (χ2n) is 4.35. The van der Waals surface area contributed by atoms with Crippen LogP contribution in [0.1, 0.15) is 32.6 Å². The van der Waals surface area contributed by atoms with Gasteiger partial charge >= 0.3 is 0 Å². The fourth-order valence-corrected chi connectivity index (χ4v) is 2.03. The van der Waals surface area contributed by atoms with Crippen LogP contribution in [0.3, 0.4) is 0 Å². The number of ether oxygens (including phenoxy) is 1. The molecule has 1 aliphatic rings. The Labute approximate surface area is 98.3 Å². The first-order chi connectivity index (χ1) is 7.77. The van der Waals surface area contributed by atoms with Crippen molar-refractivity contribution in [2.45, 2.75) is 38.6 Å². The maximum Gasteiger partial charge on any atom is 0.223 e. The van der Waals surface area contributed by atoms with Gasteiger partial charge in [-0.25, -0.2) is 0 Å². The van der Waals surface area contributed by atoms with Crippen molar-refractivity contribution in [2.24, 2.45) is 0 Å². The number of carbonyl (C=O) groups excluding carboxylic acids is 1. The molecule has 1 amide bonds. The number of hydrogen-bond acceptors (Lipinski definition) is 3. The zero-order chi connectivity index (χ0) is 11.8. The summed E-state index contributed by atoms with van der Waals surface area (Å²) in [7, 11) is 1.71. The van der Waals surface area contributed by atoms with E-state index in [4.69, 9.17) is 4.74 Å². The van der Waals surface area contributed by atoms with E-state index in [9.17, 15) is 4.79 Å². The standard InChI is InChI=1S/C12H24N2O2/c1-3-11(10-16-2)13-7-6-12(15)14-8-4-5-9-14/h11,13H,3-10H2,1-2H3. The molecule has 1 fully saturated rings. The maximum absolute atomic E-state index is 11.7. The fourth-order valence-electron chi connectivity index (χ4n) is 2.03. The van der Waals surface area contributed by atoms with Gasteiger partial charge < -0.3 is 15.0 Å². The molecule has 4 nitrogen and oxygen atoms in total. The molecule has 0 aliphatic carbocycles. The van der Waals surface area contributed by atoms with Crippen molar-refractivity contribution in [1.82, 2.24) is 10.2 Å². The Morgan fingerprint density at radius 3 is 2.69 bits per heavy atom. The number of hydrogen-bond donors (Lipinski definition) is 1. The summed E-state index contributed by atoms with van der Waals surface area (Å²) in [6, 6.07) is 0.372. The molecule has 4 heteroatoms. The molecule has 1 N–H and O–H groups in total. The SMILES string of the molecule is CCC(COC)NCCC(=O)N1CCCC1. The van der Waals surface area contributed by atoms with Crippen LogP contribution >= 0.6 is 0 Å². The summed E-state index contributed by atoms with van der Waals surface area (Å²) < 4.78 is 5.09. The Morgan fingerprint density at radius 1 is 1.44 bits per heavy atom. The molecule has 0 aromatic carbocycles. The predicted octanol–water partition coefficient (Wildman–Crippen LogP) is 1.01. The summed E-state index contributed by atoms with van der Waals surface area (Å²) in [4.78, 5) is 13.7. The van der Waals surface area contributed by atoms with Crippen molar-refractivity contribution in [1.29, 1.82) is 0 Å². The van der Waals surface area contributed by atoms with Gasteiger partial charge in [0, 0.05) is 39.2 Å². The average Bonchev–Trinajstić information content (AvgIpc) is 2.81. The first-order valence-electron chi connectivity index (χ1n) is 6.28. The van der Waals surface area contributed by atoms with Gasteiger partial charge in [-0.1, -0.05) is 6.92 Å². The van der Waals surface area contributed by atoms with Crippen LogP contribution in [0.4, 0.5) is 0 Å². The third-order valence-corrected chi connectivity index (χ3v) is 3.09. The molecule has 0 bridgehead atoms. The molecular formula is C12H24N2O2. The molecule has 0 radical (unpaired) electrons.